The molecule has 0 spiro atoms. The second-order valence-electron chi connectivity index (χ2n) is 5.62. The van der Waals surface area contributed by atoms with Gasteiger partial charge in [0.15, 0.2) is 0 Å². The molecular formula is C13H27N3. The third kappa shape index (κ3) is 3.44. The second-order valence-corrected chi connectivity index (χ2v) is 5.62. The third-order valence-electron chi connectivity index (χ3n) is 4.19. The van der Waals surface area contributed by atoms with Crippen LogP contribution in [0.25, 0.3) is 0 Å². The number of nitrogens with zero attached hydrogens (tertiary/aromatic N) is 1. The Kier molecular flexibility index (Phi) is 4.62. The molecule has 0 aromatic carbocycles. The van der Waals surface area contributed by atoms with Crippen LogP contribution in [0.1, 0.15) is 45.4 Å². The fourth-order valence-corrected chi connectivity index (χ4v) is 3.03. The van der Waals surface area contributed by atoms with Crippen LogP contribution in [0.2, 0.25) is 0 Å². The van der Waals surface area contributed by atoms with Gasteiger partial charge >= 0.3 is 0 Å². The Labute approximate surface area is 99.8 Å². The van der Waals surface area contributed by atoms with Gasteiger partial charge < -0.3 is 11.1 Å². The molecule has 0 aromatic rings. The highest BCUT2D eigenvalue weighted by Gasteiger charge is 2.23. The SMILES string of the molecule is CC(CNC1CCC(N)C1)N1CCCCC1. The van der Waals surface area contributed by atoms with Crippen molar-refractivity contribution in [3.8, 4) is 0 Å². The molecule has 1 heterocycles. The highest BCUT2D eigenvalue weighted by atomic mass is 15.2. The highest BCUT2D eigenvalue weighted by Crippen LogP contribution is 2.17. The third-order valence-corrected chi connectivity index (χ3v) is 4.19. The molecule has 1 saturated heterocycles. The lowest BCUT2D eigenvalue weighted by atomic mass is 10.1. The lowest BCUT2D eigenvalue weighted by molar-refractivity contribution is 0.168. The van der Waals surface area contributed by atoms with E-state index in [0.717, 1.165) is 6.54 Å². The van der Waals surface area contributed by atoms with E-state index in [9.17, 15) is 0 Å². The molecule has 2 fully saturated rings. The van der Waals surface area contributed by atoms with Gasteiger partial charge in [0.2, 0.25) is 0 Å². The maximum absolute atomic E-state index is 5.92. The fourth-order valence-electron chi connectivity index (χ4n) is 3.03. The molecule has 0 amide bonds. The van der Waals surface area contributed by atoms with E-state index in [0.29, 0.717) is 18.1 Å². The molecule has 3 heteroatoms. The van der Waals surface area contributed by atoms with Gasteiger partial charge in [0.05, 0.1) is 0 Å². The molecule has 0 bridgehead atoms. The molecule has 16 heavy (non-hydrogen) atoms. The summed E-state index contributed by atoms with van der Waals surface area (Å²) in [6.45, 7) is 6.09. The van der Waals surface area contributed by atoms with Crippen LogP contribution < -0.4 is 11.1 Å². The van der Waals surface area contributed by atoms with E-state index < -0.39 is 0 Å². The van der Waals surface area contributed by atoms with Crippen molar-refractivity contribution in [3.63, 3.8) is 0 Å². The molecule has 3 atom stereocenters. The maximum atomic E-state index is 5.92. The van der Waals surface area contributed by atoms with Crippen molar-refractivity contribution in [3.05, 3.63) is 0 Å². The number of hydrogen-bond acceptors (Lipinski definition) is 3. The van der Waals surface area contributed by atoms with Crippen molar-refractivity contribution in [2.75, 3.05) is 19.6 Å². The molecular weight excluding hydrogens is 198 g/mol. The molecule has 0 radical (unpaired) electrons. The van der Waals surface area contributed by atoms with Crippen LogP contribution in [-0.4, -0.2) is 42.7 Å². The number of hydrogen-bond donors (Lipinski definition) is 2. The Morgan fingerprint density at radius 2 is 2.00 bits per heavy atom. The molecule has 94 valence electrons. The van der Waals surface area contributed by atoms with Gasteiger partial charge in [0.1, 0.15) is 0 Å². The summed E-state index contributed by atoms with van der Waals surface area (Å²) in [5.74, 6) is 0. The zero-order valence-corrected chi connectivity index (χ0v) is 10.6. The summed E-state index contributed by atoms with van der Waals surface area (Å²) in [5.41, 5.74) is 5.92. The summed E-state index contributed by atoms with van der Waals surface area (Å²) < 4.78 is 0. The van der Waals surface area contributed by atoms with E-state index in [1.54, 1.807) is 0 Å². The van der Waals surface area contributed by atoms with Crippen LogP contribution in [0.5, 0.6) is 0 Å². The fraction of sp³-hybridized carbons (Fsp3) is 1.00. The first-order valence-corrected chi connectivity index (χ1v) is 6.98. The van der Waals surface area contributed by atoms with Crippen LogP contribution in [0.15, 0.2) is 0 Å². The van der Waals surface area contributed by atoms with Gasteiger partial charge in [0, 0.05) is 24.7 Å². The van der Waals surface area contributed by atoms with Crippen LogP contribution in [-0.2, 0) is 0 Å². The topological polar surface area (TPSA) is 41.3 Å². The van der Waals surface area contributed by atoms with Crippen LogP contribution in [0.3, 0.4) is 0 Å². The van der Waals surface area contributed by atoms with Crippen LogP contribution >= 0.6 is 0 Å². The van der Waals surface area contributed by atoms with Crippen molar-refractivity contribution in [2.24, 2.45) is 5.73 Å². The molecule has 1 aliphatic carbocycles. The standard InChI is InChI=1S/C13H27N3/c1-11(16-7-3-2-4-8-16)10-15-13-6-5-12(14)9-13/h11-13,15H,2-10,14H2,1H3. The molecule has 3 nitrogen and oxygen atoms in total. The molecule has 3 unspecified atom stereocenters. The average Bonchev–Trinajstić information content (AvgIpc) is 2.73. The smallest absolute Gasteiger partial charge is 0.0192 e. The zero-order valence-electron chi connectivity index (χ0n) is 10.6. The first-order chi connectivity index (χ1) is 7.75. The predicted octanol–water partition coefficient (Wildman–Crippen LogP) is 1.33. The predicted molar refractivity (Wildman–Crippen MR) is 68.5 cm³/mol. The second kappa shape index (κ2) is 5.99. The van der Waals surface area contributed by atoms with Gasteiger partial charge in [-0.2, -0.15) is 0 Å². The van der Waals surface area contributed by atoms with E-state index in [1.807, 2.05) is 0 Å². The number of likely N-dealkylation sites (tertiary alicyclic amines) is 1. The summed E-state index contributed by atoms with van der Waals surface area (Å²) in [4.78, 5) is 2.63. The van der Waals surface area contributed by atoms with Gasteiger partial charge in [-0.05, 0) is 52.1 Å². The van der Waals surface area contributed by atoms with Crippen molar-refractivity contribution >= 4 is 0 Å². The largest absolute Gasteiger partial charge is 0.328 e. The monoisotopic (exact) mass is 225 g/mol. The average molecular weight is 225 g/mol. The first-order valence-electron chi connectivity index (χ1n) is 6.98. The van der Waals surface area contributed by atoms with E-state index >= 15 is 0 Å². The number of nitrogens with one attached hydrogen (secondary N) is 1. The van der Waals surface area contributed by atoms with E-state index in [-0.39, 0.29) is 0 Å². The van der Waals surface area contributed by atoms with Crippen LogP contribution in [0.4, 0.5) is 0 Å². The van der Waals surface area contributed by atoms with E-state index in [4.69, 9.17) is 5.73 Å². The number of nitrogens with two attached hydrogens (primary N) is 1. The quantitative estimate of drug-likeness (QED) is 0.758. The van der Waals surface area contributed by atoms with E-state index in [1.165, 1.54) is 51.6 Å². The minimum Gasteiger partial charge on any atom is -0.328 e. The van der Waals surface area contributed by atoms with E-state index in [2.05, 4.69) is 17.1 Å². The van der Waals surface area contributed by atoms with Crippen molar-refractivity contribution in [1.82, 2.24) is 10.2 Å². The minimum atomic E-state index is 0.447. The summed E-state index contributed by atoms with van der Waals surface area (Å²) in [6, 6.07) is 1.82. The van der Waals surface area contributed by atoms with Crippen molar-refractivity contribution in [2.45, 2.75) is 63.6 Å². The Hall–Kier alpha value is -0.120. The van der Waals surface area contributed by atoms with Crippen molar-refractivity contribution < 1.29 is 0 Å². The molecule has 0 aromatic heterocycles. The first kappa shape index (κ1) is 12.3. The number of piperidine rings is 1. The summed E-state index contributed by atoms with van der Waals surface area (Å²) in [6.07, 6.45) is 7.85. The van der Waals surface area contributed by atoms with Gasteiger partial charge in [-0.1, -0.05) is 6.42 Å². The van der Waals surface area contributed by atoms with Gasteiger partial charge in [0.25, 0.3) is 0 Å². The molecule has 2 rings (SSSR count). The van der Waals surface area contributed by atoms with Gasteiger partial charge in [-0.3, -0.25) is 4.90 Å². The minimum absolute atomic E-state index is 0.447. The van der Waals surface area contributed by atoms with Crippen molar-refractivity contribution in [1.29, 1.82) is 0 Å². The highest BCUT2D eigenvalue weighted by molar-refractivity contribution is 4.84. The molecule has 1 aliphatic heterocycles. The zero-order chi connectivity index (χ0) is 11.4. The maximum Gasteiger partial charge on any atom is 0.0192 e. The normalized spacial score (nSPS) is 34.1. The Morgan fingerprint density at radius 1 is 1.25 bits per heavy atom. The Bertz CT molecular complexity index is 201. The molecule has 2 aliphatic rings. The lowest BCUT2D eigenvalue weighted by Gasteiger charge is -2.33. The van der Waals surface area contributed by atoms with Crippen LogP contribution in [0, 0.1) is 0 Å². The Balaban J connectivity index is 1.64. The molecule has 1 saturated carbocycles. The van der Waals surface area contributed by atoms with Gasteiger partial charge in [-0.25, -0.2) is 0 Å². The number of rotatable bonds is 4. The lowest BCUT2D eigenvalue weighted by Crippen LogP contribution is -2.45. The summed E-state index contributed by atoms with van der Waals surface area (Å²) in [7, 11) is 0. The summed E-state index contributed by atoms with van der Waals surface area (Å²) >= 11 is 0. The summed E-state index contributed by atoms with van der Waals surface area (Å²) in [5, 5.41) is 3.69. The Morgan fingerprint density at radius 3 is 2.62 bits per heavy atom. The molecule has 3 N–H and O–H groups in total. The van der Waals surface area contributed by atoms with Gasteiger partial charge in [-0.15, -0.1) is 0 Å².